The number of imide groups is 1. The van der Waals surface area contributed by atoms with Crippen LogP contribution in [0.15, 0.2) is 67.0 Å². The number of amides is 4. The van der Waals surface area contributed by atoms with Crippen molar-refractivity contribution in [1.82, 2.24) is 35.1 Å². The molecule has 2 saturated heterocycles. The Morgan fingerprint density at radius 3 is 2.45 bits per heavy atom. The van der Waals surface area contributed by atoms with Crippen LogP contribution in [-0.2, 0) is 20.9 Å². The van der Waals surface area contributed by atoms with E-state index in [1.54, 1.807) is 66.4 Å². The minimum absolute atomic E-state index is 0.0992. The van der Waals surface area contributed by atoms with E-state index in [1.165, 1.54) is 17.0 Å². The Labute approximate surface area is 332 Å². The Morgan fingerprint density at radius 1 is 0.931 bits per heavy atom. The lowest BCUT2D eigenvalue weighted by Gasteiger charge is -2.34. The highest BCUT2D eigenvalue weighted by Gasteiger charge is 2.31. The maximum absolute atomic E-state index is 16.5. The Balaban J connectivity index is 1.03. The molecule has 0 saturated carbocycles. The Hall–Kier alpha value is -6.25. The summed E-state index contributed by atoms with van der Waals surface area (Å²) in [4.78, 5) is 58.1. The molecule has 3 aliphatic heterocycles. The first kappa shape index (κ1) is 38.6. The molecule has 1 atom stereocenters. The van der Waals surface area contributed by atoms with Crippen molar-refractivity contribution in [3.63, 3.8) is 0 Å². The molecule has 1 unspecified atom stereocenters. The normalized spacial score (nSPS) is 17.7. The van der Waals surface area contributed by atoms with Gasteiger partial charge in [-0.2, -0.15) is 0 Å². The fraction of sp³-hybridized carbons (Fsp3) is 0.349. The van der Waals surface area contributed by atoms with Crippen LogP contribution in [0.1, 0.15) is 77.5 Å². The number of rotatable bonds is 9. The molecule has 0 radical (unpaired) electrons. The van der Waals surface area contributed by atoms with E-state index in [2.05, 4.69) is 20.6 Å². The van der Waals surface area contributed by atoms with Crippen LogP contribution in [0.3, 0.4) is 0 Å². The summed E-state index contributed by atoms with van der Waals surface area (Å²) < 4.78 is 49.8. The summed E-state index contributed by atoms with van der Waals surface area (Å²) in [5.41, 5.74) is 3.68. The molecule has 3 aliphatic rings. The van der Waals surface area contributed by atoms with Crippen LogP contribution in [0.4, 0.5) is 18.9 Å². The number of anilines is 1. The molecule has 2 aromatic heterocycles. The number of benzene rings is 3. The fourth-order valence-corrected chi connectivity index (χ4v) is 8.43. The molecular formula is C43H43F3N8O4. The minimum atomic E-state index is -0.581. The maximum Gasteiger partial charge on any atom is 0.269 e. The molecule has 0 aliphatic carbocycles. The zero-order chi connectivity index (χ0) is 40.7. The van der Waals surface area contributed by atoms with Crippen LogP contribution in [-0.4, -0.2) is 93.7 Å². The third-order valence-corrected chi connectivity index (χ3v) is 11.6. The molecule has 2 fully saturated rings. The SMILES string of the molecule is CN(C)C(=O)c1cc2c(-c3ccc(C4CCN(c5ccc(C6CCC(=O)NC6=O)cc5F)CC4)c(F)c3)cc(C3=CCCN(C(=O)CCn4ccnn4)C3)c(F)c2[nH]1. The number of carbonyl (C=O) groups is 4. The Morgan fingerprint density at radius 2 is 1.74 bits per heavy atom. The van der Waals surface area contributed by atoms with Crippen LogP contribution in [0.2, 0.25) is 0 Å². The number of piperidine rings is 2. The van der Waals surface area contributed by atoms with Gasteiger partial charge in [0.15, 0.2) is 5.82 Å². The fourth-order valence-electron chi connectivity index (χ4n) is 8.43. The van der Waals surface area contributed by atoms with Crippen molar-refractivity contribution in [3.05, 3.63) is 107 Å². The molecule has 5 heterocycles. The van der Waals surface area contributed by atoms with Gasteiger partial charge in [-0.05, 0) is 89.8 Å². The third kappa shape index (κ3) is 7.60. The summed E-state index contributed by atoms with van der Waals surface area (Å²) in [6, 6.07) is 13.0. The molecule has 300 valence electrons. The minimum Gasteiger partial charge on any atom is -0.369 e. The van der Waals surface area contributed by atoms with Gasteiger partial charge in [-0.25, -0.2) is 13.2 Å². The topological polar surface area (TPSA) is 137 Å². The molecule has 3 aromatic carbocycles. The van der Waals surface area contributed by atoms with Gasteiger partial charge in [0.1, 0.15) is 17.3 Å². The number of hydrogen-bond acceptors (Lipinski definition) is 7. The van der Waals surface area contributed by atoms with Gasteiger partial charge in [0.05, 0.1) is 29.9 Å². The zero-order valence-corrected chi connectivity index (χ0v) is 32.2. The first-order chi connectivity index (χ1) is 27.9. The summed E-state index contributed by atoms with van der Waals surface area (Å²) in [5.74, 6) is -3.33. The maximum atomic E-state index is 16.5. The van der Waals surface area contributed by atoms with Gasteiger partial charge in [0.2, 0.25) is 17.7 Å². The smallest absolute Gasteiger partial charge is 0.269 e. The third-order valence-electron chi connectivity index (χ3n) is 11.6. The van der Waals surface area contributed by atoms with Crippen molar-refractivity contribution in [2.75, 3.05) is 45.2 Å². The number of nitrogens with zero attached hydrogens (tertiary/aromatic N) is 6. The summed E-state index contributed by atoms with van der Waals surface area (Å²) in [6.45, 7) is 2.01. The van der Waals surface area contributed by atoms with Crippen molar-refractivity contribution < 1.29 is 32.3 Å². The van der Waals surface area contributed by atoms with Crippen molar-refractivity contribution in [2.24, 2.45) is 0 Å². The van der Waals surface area contributed by atoms with Crippen molar-refractivity contribution in [3.8, 4) is 11.1 Å². The second-order valence-electron chi connectivity index (χ2n) is 15.4. The number of carbonyl (C=O) groups excluding carboxylic acids is 4. The molecule has 0 bridgehead atoms. The molecule has 4 amide bonds. The van der Waals surface area contributed by atoms with Crippen LogP contribution >= 0.6 is 0 Å². The number of aromatic amines is 1. The van der Waals surface area contributed by atoms with E-state index in [4.69, 9.17) is 0 Å². The summed E-state index contributed by atoms with van der Waals surface area (Å²) in [5, 5.41) is 10.4. The second-order valence-corrected chi connectivity index (χ2v) is 15.4. The molecule has 5 aromatic rings. The van der Waals surface area contributed by atoms with Gasteiger partial charge in [0.25, 0.3) is 5.91 Å². The molecule has 2 N–H and O–H groups in total. The first-order valence-electron chi connectivity index (χ1n) is 19.5. The number of hydrogen-bond donors (Lipinski definition) is 2. The molecule has 0 spiro atoms. The summed E-state index contributed by atoms with van der Waals surface area (Å²) >= 11 is 0. The van der Waals surface area contributed by atoms with Gasteiger partial charge in [-0.1, -0.05) is 29.5 Å². The second kappa shape index (κ2) is 15.9. The number of nitrogens with one attached hydrogen (secondary N) is 2. The lowest BCUT2D eigenvalue weighted by molar-refractivity contribution is -0.134. The van der Waals surface area contributed by atoms with Crippen LogP contribution in [0, 0.1) is 17.5 Å². The predicted octanol–water partition coefficient (Wildman–Crippen LogP) is 6.16. The lowest BCUT2D eigenvalue weighted by atomic mass is 9.86. The van der Waals surface area contributed by atoms with E-state index < -0.39 is 29.3 Å². The van der Waals surface area contributed by atoms with Crippen molar-refractivity contribution >= 4 is 45.8 Å². The lowest BCUT2D eigenvalue weighted by Crippen LogP contribution is -2.39. The van der Waals surface area contributed by atoms with Crippen molar-refractivity contribution in [1.29, 1.82) is 0 Å². The molecular weight excluding hydrogens is 750 g/mol. The zero-order valence-electron chi connectivity index (χ0n) is 32.2. The monoisotopic (exact) mass is 792 g/mol. The van der Waals surface area contributed by atoms with Crippen LogP contribution < -0.4 is 10.2 Å². The van der Waals surface area contributed by atoms with E-state index in [-0.39, 0.29) is 59.8 Å². The predicted molar refractivity (Wildman–Crippen MR) is 211 cm³/mol. The number of halogens is 3. The van der Waals surface area contributed by atoms with Gasteiger partial charge in [-0.3, -0.25) is 29.2 Å². The highest BCUT2D eigenvalue weighted by atomic mass is 19.1. The van der Waals surface area contributed by atoms with Crippen molar-refractivity contribution in [2.45, 2.75) is 56.9 Å². The highest BCUT2D eigenvalue weighted by Crippen LogP contribution is 2.40. The van der Waals surface area contributed by atoms with E-state index in [0.717, 1.165) is 0 Å². The number of fused-ring (bicyclic) bond motifs is 1. The van der Waals surface area contributed by atoms with Gasteiger partial charge in [-0.15, -0.1) is 5.10 Å². The molecule has 8 rings (SSSR count). The molecule has 15 heteroatoms. The van der Waals surface area contributed by atoms with Gasteiger partial charge < -0.3 is 19.7 Å². The van der Waals surface area contributed by atoms with Crippen LogP contribution in [0.5, 0.6) is 0 Å². The number of aromatic nitrogens is 4. The van der Waals surface area contributed by atoms with E-state index in [1.807, 2.05) is 17.0 Å². The Kier molecular flexibility index (Phi) is 10.6. The quantitative estimate of drug-likeness (QED) is 0.171. The Bertz CT molecular complexity index is 2450. The molecule has 58 heavy (non-hydrogen) atoms. The van der Waals surface area contributed by atoms with E-state index >= 15 is 13.2 Å². The molecule has 12 nitrogen and oxygen atoms in total. The average molecular weight is 793 g/mol. The average Bonchev–Trinajstić information content (AvgIpc) is 3.91. The highest BCUT2D eigenvalue weighted by molar-refractivity contribution is 6.04. The first-order valence-corrected chi connectivity index (χ1v) is 19.5. The van der Waals surface area contributed by atoms with E-state index in [0.29, 0.717) is 90.8 Å². The standard InChI is InChI=1S/C43H43F3N8O4/c1-51(2)43(58)36-23-33-31(22-32(40(46)41(33)48-36)28-4-3-15-53(24-28)39(56)13-18-54-19-14-47-50-54)27-5-7-29(34(44)20-27)25-11-16-52(17-12-25)37-9-6-26(21-35(37)45)30-8-10-38(55)49-42(30)57/h4-7,9,14,19-23,25,30,48H,3,8,10-13,15-18,24H2,1-2H3,(H,49,55,57). The number of H-pyrrole nitrogens is 1. The van der Waals surface area contributed by atoms with Crippen LogP contribution in [0.25, 0.3) is 27.6 Å². The van der Waals surface area contributed by atoms with E-state index in [9.17, 15) is 19.2 Å². The van der Waals surface area contributed by atoms with Gasteiger partial charge >= 0.3 is 0 Å². The largest absolute Gasteiger partial charge is 0.369 e. The summed E-state index contributed by atoms with van der Waals surface area (Å²) in [6.07, 6.45) is 7.56. The summed E-state index contributed by atoms with van der Waals surface area (Å²) in [7, 11) is 3.21. The van der Waals surface area contributed by atoms with Gasteiger partial charge in [0, 0.05) is 70.3 Å². The number of aryl methyl sites for hydroxylation is 1.